The summed E-state index contributed by atoms with van der Waals surface area (Å²) < 4.78 is 7.84. The second-order valence-corrected chi connectivity index (χ2v) is 6.99. The number of benzene rings is 2. The molecule has 2 aromatic carbocycles. The molecular formula is C17H11BrN2O2S. The van der Waals surface area contributed by atoms with Gasteiger partial charge in [-0.05, 0) is 35.9 Å². The van der Waals surface area contributed by atoms with E-state index >= 15 is 0 Å². The van der Waals surface area contributed by atoms with Crippen LogP contribution >= 0.6 is 27.3 Å². The van der Waals surface area contributed by atoms with E-state index in [1.165, 1.54) is 7.11 Å². The van der Waals surface area contributed by atoms with E-state index in [0.29, 0.717) is 5.56 Å². The third-order valence-electron chi connectivity index (χ3n) is 3.66. The molecule has 0 N–H and O–H groups in total. The van der Waals surface area contributed by atoms with Gasteiger partial charge in [-0.3, -0.25) is 4.40 Å². The highest BCUT2D eigenvalue weighted by atomic mass is 79.9. The lowest BCUT2D eigenvalue weighted by molar-refractivity contribution is 0.0601. The van der Waals surface area contributed by atoms with Crippen molar-refractivity contribution < 1.29 is 9.53 Å². The van der Waals surface area contributed by atoms with Gasteiger partial charge in [0.25, 0.3) is 0 Å². The third-order valence-corrected chi connectivity index (χ3v) is 5.18. The Hall–Kier alpha value is -2.18. The Labute approximate surface area is 144 Å². The molecule has 0 saturated heterocycles. The van der Waals surface area contributed by atoms with Gasteiger partial charge in [0.1, 0.15) is 0 Å². The van der Waals surface area contributed by atoms with Gasteiger partial charge in [-0.15, -0.1) is 0 Å². The number of ether oxygens (including phenoxy) is 1. The second-order valence-electron chi connectivity index (χ2n) is 5.06. The fourth-order valence-electron chi connectivity index (χ4n) is 2.51. The number of aromatic nitrogens is 2. The average molecular weight is 387 g/mol. The number of carbonyl (C=O) groups excluding carboxylic acids is 1. The minimum absolute atomic E-state index is 0.325. The van der Waals surface area contributed by atoms with Crippen molar-refractivity contribution in [2.45, 2.75) is 0 Å². The van der Waals surface area contributed by atoms with E-state index < -0.39 is 0 Å². The molecule has 0 radical (unpaired) electrons. The molecule has 0 saturated carbocycles. The molecule has 4 nitrogen and oxygen atoms in total. The van der Waals surface area contributed by atoms with Crippen molar-refractivity contribution in [3.8, 4) is 10.4 Å². The van der Waals surface area contributed by atoms with Gasteiger partial charge < -0.3 is 4.74 Å². The molecule has 0 atom stereocenters. The molecule has 0 bridgehead atoms. The third kappa shape index (κ3) is 2.44. The fraction of sp³-hybridized carbons (Fsp3) is 0.0588. The van der Waals surface area contributed by atoms with E-state index in [1.807, 2.05) is 24.3 Å². The molecule has 23 heavy (non-hydrogen) atoms. The Bertz CT molecular complexity index is 1030. The first-order valence-electron chi connectivity index (χ1n) is 6.91. The Morgan fingerprint density at radius 2 is 2.00 bits per heavy atom. The summed E-state index contributed by atoms with van der Waals surface area (Å²) >= 11 is 5.09. The van der Waals surface area contributed by atoms with E-state index in [4.69, 9.17) is 4.74 Å². The van der Waals surface area contributed by atoms with Crippen molar-refractivity contribution in [2.75, 3.05) is 7.11 Å². The summed E-state index contributed by atoms with van der Waals surface area (Å²) in [6.07, 6.45) is 2.08. The Kier molecular flexibility index (Phi) is 3.43. The van der Waals surface area contributed by atoms with Crippen LogP contribution in [-0.2, 0) is 4.74 Å². The number of halogens is 1. The number of nitrogens with zero attached hydrogens (tertiary/aromatic N) is 2. The van der Waals surface area contributed by atoms with Gasteiger partial charge in [0.15, 0.2) is 4.96 Å². The number of rotatable bonds is 2. The van der Waals surface area contributed by atoms with Gasteiger partial charge in [0, 0.05) is 10.7 Å². The smallest absolute Gasteiger partial charge is 0.337 e. The standard InChI is InChI=1S/C17H11BrN2O2S/c1-22-16(21)11-4-2-10(3-5-11)15-9-20-14-7-6-12(18)8-13(14)19-17(20)23-15/h2-9H,1H3. The quantitative estimate of drug-likeness (QED) is 0.466. The molecule has 114 valence electrons. The summed E-state index contributed by atoms with van der Waals surface area (Å²) in [4.78, 5) is 18.2. The van der Waals surface area contributed by atoms with Gasteiger partial charge in [0.2, 0.25) is 0 Å². The van der Waals surface area contributed by atoms with Crippen LogP contribution in [0.2, 0.25) is 0 Å². The molecule has 6 heteroatoms. The number of methoxy groups -OCH3 is 1. The maximum Gasteiger partial charge on any atom is 0.337 e. The largest absolute Gasteiger partial charge is 0.465 e. The van der Waals surface area contributed by atoms with Crippen molar-refractivity contribution in [1.82, 2.24) is 9.38 Å². The monoisotopic (exact) mass is 386 g/mol. The summed E-state index contributed by atoms with van der Waals surface area (Å²) in [6.45, 7) is 0. The zero-order chi connectivity index (χ0) is 16.0. The zero-order valence-corrected chi connectivity index (χ0v) is 14.5. The van der Waals surface area contributed by atoms with Gasteiger partial charge in [0.05, 0.1) is 28.6 Å². The maximum absolute atomic E-state index is 11.5. The number of fused-ring (bicyclic) bond motifs is 3. The van der Waals surface area contributed by atoms with E-state index in [2.05, 4.69) is 37.6 Å². The summed E-state index contributed by atoms with van der Waals surface area (Å²) in [7, 11) is 1.38. The molecule has 0 amide bonds. The molecule has 0 spiro atoms. The lowest BCUT2D eigenvalue weighted by Gasteiger charge is -2.00. The summed E-state index contributed by atoms with van der Waals surface area (Å²) in [6, 6.07) is 13.5. The van der Waals surface area contributed by atoms with Crippen LogP contribution < -0.4 is 0 Å². The van der Waals surface area contributed by atoms with Crippen LogP contribution in [-0.4, -0.2) is 22.5 Å². The molecular weight excluding hydrogens is 376 g/mol. The molecule has 4 rings (SSSR count). The summed E-state index contributed by atoms with van der Waals surface area (Å²) in [5.74, 6) is -0.325. The lowest BCUT2D eigenvalue weighted by Crippen LogP contribution is -2.00. The number of hydrogen-bond donors (Lipinski definition) is 0. The van der Waals surface area contributed by atoms with Crippen LogP contribution in [0.1, 0.15) is 10.4 Å². The van der Waals surface area contributed by atoms with E-state index in [0.717, 1.165) is 30.9 Å². The van der Waals surface area contributed by atoms with Gasteiger partial charge in [-0.2, -0.15) is 0 Å². The Morgan fingerprint density at radius 3 is 2.74 bits per heavy atom. The lowest BCUT2D eigenvalue weighted by atomic mass is 10.1. The van der Waals surface area contributed by atoms with Crippen LogP contribution in [0.25, 0.3) is 26.4 Å². The predicted octanol–water partition coefficient (Wildman–Crippen LogP) is 4.77. The van der Waals surface area contributed by atoms with E-state index in [-0.39, 0.29) is 5.97 Å². The van der Waals surface area contributed by atoms with Crippen LogP contribution in [0, 0.1) is 0 Å². The second kappa shape index (κ2) is 5.47. The first-order chi connectivity index (χ1) is 11.2. The minimum atomic E-state index is -0.325. The Morgan fingerprint density at radius 1 is 1.22 bits per heavy atom. The van der Waals surface area contributed by atoms with Crippen molar-refractivity contribution in [2.24, 2.45) is 0 Å². The van der Waals surface area contributed by atoms with Crippen molar-refractivity contribution in [1.29, 1.82) is 0 Å². The topological polar surface area (TPSA) is 43.6 Å². The first kappa shape index (κ1) is 14.4. The molecule has 0 aliphatic heterocycles. The SMILES string of the molecule is COC(=O)c1ccc(-c2cn3c(nc4cc(Br)ccc43)s2)cc1. The average Bonchev–Trinajstić information content (AvgIpc) is 3.11. The predicted molar refractivity (Wildman–Crippen MR) is 95.1 cm³/mol. The molecule has 4 aromatic rings. The van der Waals surface area contributed by atoms with Crippen LogP contribution in [0.15, 0.2) is 53.1 Å². The molecule has 0 unspecified atom stereocenters. The molecule has 0 aliphatic carbocycles. The van der Waals surface area contributed by atoms with E-state index in [1.54, 1.807) is 23.5 Å². The van der Waals surface area contributed by atoms with Gasteiger partial charge in [-0.25, -0.2) is 9.78 Å². The zero-order valence-electron chi connectivity index (χ0n) is 12.1. The number of esters is 1. The highest BCUT2D eigenvalue weighted by Crippen LogP contribution is 2.32. The first-order valence-corrected chi connectivity index (χ1v) is 8.52. The van der Waals surface area contributed by atoms with Crippen molar-refractivity contribution in [3.63, 3.8) is 0 Å². The highest BCUT2D eigenvalue weighted by molar-refractivity contribution is 9.10. The number of thiazole rings is 1. The summed E-state index contributed by atoms with van der Waals surface area (Å²) in [5.41, 5.74) is 3.65. The number of imidazole rings is 1. The van der Waals surface area contributed by atoms with Gasteiger partial charge >= 0.3 is 5.97 Å². The van der Waals surface area contributed by atoms with Crippen LogP contribution in [0.5, 0.6) is 0 Å². The van der Waals surface area contributed by atoms with E-state index in [9.17, 15) is 4.79 Å². The highest BCUT2D eigenvalue weighted by Gasteiger charge is 2.11. The van der Waals surface area contributed by atoms with Gasteiger partial charge in [-0.1, -0.05) is 39.4 Å². The number of hydrogen-bond acceptors (Lipinski definition) is 4. The molecule has 0 aliphatic rings. The fourth-order valence-corrected chi connectivity index (χ4v) is 3.86. The normalized spacial score (nSPS) is 11.2. The van der Waals surface area contributed by atoms with Crippen molar-refractivity contribution >= 4 is 49.2 Å². The Balaban J connectivity index is 1.78. The maximum atomic E-state index is 11.5. The molecule has 2 aromatic heterocycles. The van der Waals surface area contributed by atoms with Crippen LogP contribution in [0.4, 0.5) is 0 Å². The summed E-state index contributed by atoms with van der Waals surface area (Å²) in [5, 5.41) is 0. The molecule has 2 heterocycles. The van der Waals surface area contributed by atoms with Crippen molar-refractivity contribution in [3.05, 3.63) is 58.7 Å². The minimum Gasteiger partial charge on any atom is -0.465 e. The number of carbonyl (C=O) groups is 1. The molecule has 0 fully saturated rings. The van der Waals surface area contributed by atoms with Crippen LogP contribution in [0.3, 0.4) is 0 Å².